The third kappa shape index (κ3) is 2.86. The summed E-state index contributed by atoms with van der Waals surface area (Å²) in [6, 6.07) is 4.33. The van der Waals surface area contributed by atoms with Gasteiger partial charge in [-0.3, -0.25) is 0 Å². The summed E-state index contributed by atoms with van der Waals surface area (Å²) in [4.78, 5) is 11.2. The van der Waals surface area contributed by atoms with E-state index in [2.05, 4.69) is 0 Å². The van der Waals surface area contributed by atoms with Crippen molar-refractivity contribution in [2.75, 3.05) is 13.2 Å². The Labute approximate surface area is 118 Å². The van der Waals surface area contributed by atoms with Gasteiger partial charge in [0.15, 0.2) is 9.84 Å². The minimum absolute atomic E-state index is 0.00725. The lowest BCUT2D eigenvalue weighted by atomic mass is 10.1. The summed E-state index contributed by atoms with van der Waals surface area (Å²) in [6.07, 6.45) is 1.48. The molecule has 0 bridgehead atoms. The first-order valence-corrected chi connectivity index (χ1v) is 8.19. The van der Waals surface area contributed by atoms with Crippen LogP contribution in [0.3, 0.4) is 0 Å². The van der Waals surface area contributed by atoms with Crippen molar-refractivity contribution in [2.24, 2.45) is 0 Å². The van der Waals surface area contributed by atoms with Crippen molar-refractivity contribution < 1.29 is 23.1 Å². The predicted octanol–water partition coefficient (Wildman–Crippen LogP) is 1.90. The van der Waals surface area contributed by atoms with Crippen LogP contribution in [0, 0.1) is 0 Å². The lowest BCUT2D eigenvalue weighted by Crippen LogP contribution is -2.29. The van der Waals surface area contributed by atoms with Crippen LogP contribution in [-0.2, 0) is 21.0 Å². The molecular formula is C14H18O5S. The molecule has 1 fully saturated rings. The summed E-state index contributed by atoms with van der Waals surface area (Å²) >= 11 is 0. The predicted molar refractivity (Wildman–Crippen MR) is 73.8 cm³/mol. The molecule has 1 aromatic rings. The molecule has 1 aliphatic heterocycles. The van der Waals surface area contributed by atoms with Crippen molar-refractivity contribution in [2.45, 2.75) is 36.3 Å². The van der Waals surface area contributed by atoms with Gasteiger partial charge < -0.3 is 9.84 Å². The Hall–Kier alpha value is -1.40. The zero-order valence-electron chi connectivity index (χ0n) is 11.3. The van der Waals surface area contributed by atoms with E-state index in [0.717, 1.165) is 0 Å². The van der Waals surface area contributed by atoms with Crippen LogP contribution in [0.5, 0.6) is 0 Å². The highest BCUT2D eigenvalue weighted by Gasteiger charge is 2.31. The number of aryl methyl sites for hydroxylation is 1. The van der Waals surface area contributed by atoms with E-state index < -0.39 is 21.1 Å². The van der Waals surface area contributed by atoms with Crippen LogP contribution in [0.2, 0.25) is 0 Å². The first-order chi connectivity index (χ1) is 9.46. The Morgan fingerprint density at radius 2 is 2.00 bits per heavy atom. The summed E-state index contributed by atoms with van der Waals surface area (Å²) < 4.78 is 30.6. The Morgan fingerprint density at radius 1 is 1.35 bits per heavy atom. The molecular weight excluding hydrogens is 280 g/mol. The van der Waals surface area contributed by atoms with E-state index in [9.17, 15) is 13.2 Å². The third-order valence-corrected chi connectivity index (χ3v) is 5.95. The number of carboxylic acid groups (broad SMARTS) is 1. The van der Waals surface area contributed by atoms with Gasteiger partial charge in [-0.05, 0) is 37.0 Å². The van der Waals surface area contributed by atoms with E-state index in [1.54, 1.807) is 6.07 Å². The fraction of sp³-hybridized carbons (Fsp3) is 0.500. The molecule has 0 unspecified atom stereocenters. The van der Waals surface area contributed by atoms with Crippen molar-refractivity contribution >= 4 is 15.8 Å². The maximum atomic E-state index is 12.7. The molecule has 1 aliphatic rings. The van der Waals surface area contributed by atoms with Crippen LogP contribution in [0.4, 0.5) is 0 Å². The number of carboxylic acids is 1. The van der Waals surface area contributed by atoms with E-state index in [1.165, 1.54) is 12.1 Å². The van der Waals surface area contributed by atoms with Crippen LogP contribution in [0.25, 0.3) is 0 Å². The van der Waals surface area contributed by atoms with Gasteiger partial charge in [0.05, 0.1) is 15.7 Å². The molecule has 0 aliphatic carbocycles. The highest BCUT2D eigenvalue weighted by molar-refractivity contribution is 7.92. The Balaban J connectivity index is 2.48. The summed E-state index contributed by atoms with van der Waals surface area (Å²) in [5.74, 6) is -1.11. The topological polar surface area (TPSA) is 80.7 Å². The molecule has 0 saturated carbocycles. The van der Waals surface area contributed by atoms with Crippen molar-refractivity contribution in [1.29, 1.82) is 0 Å². The summed E-state index contributed by atoms with van der Waals surface area (Å²) in [5.41, 5.74) is 0.675. The highest BCUT2D eigenvalue weighted by atomic mass is 32.2. The summed E-state index contributed by atoms with van der Waals surface area (Å²) in [5, 5.41) is 8.55. The highest BCUT2D eigenvalue weighted by Crippen LogP contribution is 2.27. The number of sulfone groups is 1. The van der Waals surface area contributed by atoms with Crippen molar-refractivity contribution in [3.05, 3.63) is 29.3 Å². The first kappa shape index (κ1) is 15.0. The second-order valence-corrected chi connectivity index (χ2v) is 7.03. The number of aromatic carboxylic acids is 1. The van der Waals surface area contributed by atoms with Gasteiger partial charge in [-0.15, -0.1) is 0 Å². The van der Waals surface area contributed by atoms with Crippen molar-refractivity contribution in [3.8, 4) is 0 Å². The molecule has 20 heavy (non-hydrogen) atoms. The SMILES string of the molecule is CCc1ccc(C(=O)O)cc1S(=O)(=O)C1CCOCC1. The molecule has 0 atom stereocenters. The van der Waals surface area contributed by atoms with Gasteiger partial charge in [-0.25, -0.2) is 13.2 Å². The van der Waals surface area contributed by atoms with Gasteiger partial charge in [-0.2, -0.15) is 0 Å². The maximum absolute atomic E-state index is 12.7. The molecule has 6 heteroatoms. The van der Waals surface area contributed by atoms with Gasteiger partial charge in [-0.1, -0.05) is 13.0 Å². The summed E-state index contributed by atoms with van der Waals surface area (Å²) in [6.45, 7) is 2.73. The van der Waals surface area contributed by atoms with Crippen molar-refractivity contribution in [3.63, 3.8) is 0 Å². The molecule has 1 N–H and O–H groups in total. The number of benzene rings is 1. The quantitative estimate of drug-likeness (QED) is 0.918. The van der Waals surface area contributed by atoms with Gasteiger partial charge >= 0.3 is 5.97 Å². The Kier molecular flexibility index (Phi) is 4.45. The standard InChI is InChI=1S/C14H18O5S/c1-2-10-3-4-11(14(15)16)9-13(10)20(17,18)12-5-7-19-8-6-12/h3-4,9,12H,2,5-8H2,1H3,(H,15,16). The molecule has 5 nitrogen and oxygen atoms in total. The van der Waals surface area contributed by atoms with Gasteiger partial charge in [0.2, 0.25) is 0 Å². The van der Waals surface area contributed by atoms with E-state index in [-0.39, 0.29) is 10.5 Å². The number of rotatable bonds is 4. The first-order valence-electron chi connectivity index (χ1n) is 6.64. The van der Waals surface area contributed by atoms with Crippen LogP contribution in [0.15, 0.2) is 23.1 Å². The fourth-order valence-electron chi connectivity index (χ4n) is 2.41. The minimum atomic E-state index is -3.50. The molecule has 1 heterocycles. The zero-order valence-corrected chi connectivity index (χ0v) is 12.1. The minimum Gasteiger partial charge on any atom is -0.478 e. The maximum Gasteiger partial charge on any atom is 0.335 e. The Bertz CT molecular complexity index is 600. The average Bonchev–Trinajstić information content (AvgIpc) is 2.47. The van der Waals surface area contributed by atoms with Crippen molar-refractivity contribution in [1.82, 2.24) is 0 Å². The molecule has 0 amide bonds. The molecule has 0 radical (unpaired) electrons. The zero-order chi connectivity index (χ0) is 14.8. The smallest absolute Gasteiger partial charge is 0.335 e. The molecule has 1 saturated heterocycles. The molecule has 2 rings (SSSR count). The number of hydrogen-bond acceptors (Lipinski definition) is 4. The van der Waals surface area contributed by atoms with Crippen LogP contribution < -0.4 is 0 Å². The molecule has 0 aromatic heterocycles. The largest absolute Gasteiger partial charge is 0.478 e. The number of hydrogen-bond donors (Lipinski definition) is 1. The molecule has 110 valence electrons. The number of ether oxygens (including phenoxy) is 1. The van der Waals surface area contributed by atoms with Gasteiger partial charge in [0.25, 0.3) is 0 Å². The summed E-state index contributed by atoms with van der Waals surface area (Å²) in [7, 11) is -3.50. The third-order valence-electron chi connectivity index (χ3n) is 3.61. The van der Waals surface area contributed by atoms with Gasteiger partial charge in [0, 0.05) is 13.2 Å². The molecule has 1 aromatic carbocycles. The fourth-order valence-corrected chi connectivity index (χ4v) is 4.45. The van der Waals surface area contributed by atoms with Crippen LogP contribution in [0.1, 0.15) is 35.7 Å². The molecule has 0 spiro atoms. The average molecular weight is 298 g/mol. The monoisotopic (exact) mass is 298 g/mol. The lowest BCUT2D eigenvalue weighted by molar-refractivity contribution is 0.0696. The number of carbonyl (C=O) groups is 1. The van der Waals surface area contributed by atoms with Crippen LogP contribution >= 0.6 is 0 Å². The van der Waals surface area contributed by atoms with E-state index in [4.69, 9.17) is 9.84 Å². The Morgan fingerprint density at radius 3 is 2.55 bits per heavy atom. The van der Waals surface area contributed by atoms with Gasteiger partial charge in [0.1, 0.15) is 0 Å². The van der Waals surface area contributed by atoms with E-state index in [0.29, 0.717) is 38.0 Å². The van der Waals surface area contributed by atoms with E-state index in [1.807, 2.05) is 6.92 Å². The normalized spacial score (nSPS) is 17.1. The van der Waals surface area contributed by atoms with E-state index >= 15 is 0 Å². The lowest BCUT2D eigenvalue weighted by Gasteiger charge is -2.23. The second kappa shape index (κ2) is 5.93. The second-order valence-electron chi connectivity index (χ2n) is 4.84. The van der Waals surface area contributed by atoms with Crippen LogP contribution in [-0.4, -0.2) is 38.0 Å².